The maximum absolute atomic E-state index is 10.7. The Kier molecular flexibility index (Phi) is 7.51. The lowest BCUT2D eigenvalue weighted by Gasteiger charge is -2.03. The SMILES string of the molecule is O=[N+]([O-])c1ccc(C#Cc2ccc(CCc3ccc(C#Cc4ccc([N+](=O)[O-])cc4)cc3)cc2)cc1. The maximum Gasteiger partial charge on any atom is 0.269 e. The second-order valence-corrected chi connectivity index (χ2v) is 8.00. The molecule has 0 saturated carbocycles. The summed E-state index contributed by atoms with van der Waals surface area (Å²) in [4.78, 5) is 20.6. The zero-order valence-corrected chi connectivity index (χ0v) is 19.2. The van der Waals surface area contributed by atoms with E-state index in [2.05, 4.69) is 47.9 Å². The van der Waals surface area contributed by atoms with Gasteiger partial charge in [-0.25, -0.2) is 0 Å². The molecule has 4 rings (SSSR count). The summed E-state index contributed by atoms with van der Waals surface area (Å²) in [7, 11) is 0. The van der Waals surface area contributed by atoms with E-state index in [1.54, 1.807) is 24.3 Å². The molecular weight excluding hydrogens is 452 g/mol. The fraction of sp³-hybridized carbons (Fsp3) is 0.0667. The van der Waals surface area contributed by atoms with E-state index in [1.165, 1.54) is 35.4 Å². The molecule has 0 aliphatic rings. The molecule has 36 heavy (non-hydrogen) atoms. The molecule has 0 amide bonds. The first-order valence-corrected chi connectivity index (χ1v) is 11.2. The highest BCUT2D eigenvalue weighted by molar-refractivity contribution is 5.47. The molecule has 0 unspecified atom stereocenters. The average molecular weight is 473 g/mol. The highest BCUT2D eigenvalue weighted by Crippen LogP contribution is 2.14. The van der Waals surface area contributed by atoms with Crippen LogP contribution >= 0.6 is 0 Å². The molecule has 0 fully saturated rings. The van der Waals surface area contributed by atoms with Crippen LogP contribution in [0.15, 0.2) is 97.1 Å². The van der Waals surface area contributed by atoms with Gasteiger partial charge in [-0.05, 0) is 72.5 Å². The third-order valence-corrected chi connectivity index (χ3v) is 5.47. The molecule has 6 nitrogen and oxygen atoms in total. The Hall–Kier alpha value is -5.20. The molecule has 0 N–H and O–H groups in total. The van der Waals surface area contributed by atoms with E-state index in [-0.39, 0.29) is 11.4 Å². The molecule has 0 aromatic heterocycles. The molecule has 0 radical (unpaired) electrons. The first kappa shape index (κ1) is 23.9. The fourth-order valence-corrected chi connectivity index (χ4v) is 3.42. The van der Waals surface area contributed by atoms with Gasteiger partial charge in [0.15, 0.2) is 0 Å². The zero-order valence-electron chi connectivity index (χ0n) is 19.2. The molecule has 0 bridgehead atoms. The predicted molar refractivity (Wildman–Crippen MR) is 138 cm³/mol. The fourth-order valence-electron chi connectivity index (χ4n) is 3.42. The van der Waals surface area contributed by atoms with Crippen molar-refractivity contribution in [2.75, 3.05) is 0 Å². The van der Waals surface area contributed by atoms with Crippen molar-refractivity contribution < 1.29 is 9.85 Å². The molecule has 174 valence electrons. The predicted octanol–water partition coefficient (Wildman–Crippen LogP) is 6.09. The quantitative estimate of drug-likeness (QED) is 0.200. The average Bonchev–Trinajstić information content (AvgIpc) is 2.91. The van der Waals surface area contributed by atoms with Crippen molar-refractivity contribution >= 4 is 11.4 Å². The minimum atomic E-state index is -0.428. The van der Waals surface area contributed by atoms with Crippen LogP contribution in [-0.2, 0) is 12.8 Å². The third-order valence-electron chi connectivity index (χ3n) is 5.47. The smallest absolute Gasteiger partial charge is 0.258 e. The van der Waals surface area contributed by atoms with Gasteiger partial charge < -0.3 is 0 Å². The highest BCUT2D eigenvalue weighted by Gasteiger charge is 2.03. The van der Waals surface area contributed by atoms with E-state index in [1.807, 2.05) is 24.3 Å². The molecule has 0 saturated heterocycles. The van der Waals surface area contributed by atoms with Gasteiger partial charge in [0.25, 0.3) is 11.4 Å². The van der Waals surface area contributed by atoms with E-state index in [9.17, 15) is 20.2 Å². The minimum Gasteiger partial charge on any atom is -0.258 e. The summed E-state index contributed by atoms with van der Waals surface area (Å²) >= 11 is 0. The topological polar surface area (TPSA) is 86.3 Å². The lowest BCUT2D eigenvalue weighted by atomic mass is 10.0. The van der Waals surface area contributed by atoms with Crippen LogP contribution < -0.4 is 0 Å². The molecule has 0 heterocycles. The van der Waals surface area contributed by atoms with Gasteiger partial charge in [-0.1, -0.05) is 47.9 Å². The Morgan fingerprint density at radius 1 is 0.444 bits per heavy atom. The van der Waals surface area contributed by atoms with Crippen molar-refractivity contribution in [1.29, 1.82) is 0 Å². The molecule has 6 heteroatoms. The molecule has 0 atom stereocenters. The van der Waals surface area contributed by atoms with Crippen LogP contribution in [0.3, 0.4) is 0 Å². The number of hydrogen-bond donors (Lipinski definition) is 0. The van der Waals surface area contributed by atoms with Gasteiger partial charge in [-0.15, -0.1) is 0 Å². The lowest BCUT2D eigenvalue weighted by Crippen LogP contribution is -1.92. The third kappa shape index (κ3) is 6.66. The molecule has 0 aliphatic heterocycles. The van der Waals surface area contributed by atoms with Gasteiger partial charge in [0.05, 0.1) is 9.85 Å². The van der Waals surface area contributed by atoms with Crippen LogP contribution in [0, 0.1) is 43.9 Å². The van der Waals surface area contributed by atoms with Crippen molar-refractivity contribution in [3.8, 4) is 23.7 Å². The van der Waals surface area contributed by atoms with Crippen molar-refractivity contribution in [2.45, 2.75) is 12.8 Å². The number of nitro benzene ring substituents is 2. The van der Waals surface area contributed by atoms with Crippen LogP contribution in [0.25, 0.3) is 0 Å². The number of hydrogen-bond acceptors (Lipinski definition) is 4. The van der Waals surface area contributed by atoms with E-state index >= 15 is 0 Å². The Morgan fingerprint density at radius 3 is 0.944 bits per heavy atom. The number of non-ortho nitro benzene ring substituents is 2. The Morgan fingerprint density at radius 2 is 0.694 bits per heavy atom. The second-order valence-electron chi connectivity index (χ2n) is 8.00. The second kappa shape index (κ2) is 11.3. The van der Waals surface area contributed by atoms with Crippen LogP contribution in [-0.4, -0.2) is 9.85 Å². The standard InChI is InChI=1S/C30H20N2O4/c33-31(34)29-19-15-27(16-20-29)13-11-25-7-3-23(4-8-25)1-2-24-5-9-26(10-6-24)12-14-28-17-21-30(22-18-28)32(35)36/h3-10,15-22H,1-2H2. The van der Waals surface area contributed by atoms with Crippen molar-refractivity contribution in [2.24, 2.45) is 0 Å². The van der Waals surface area contributed by atoms with Gasteiger partial charge in [0.2, 0.25) is 0 Å². The van der Waals surface area contributed by atoms with E-state index in [0.29, 0.717) is 0 Å². The largest absolute Gasteiger partial charge is 0.269 e. The Balaban J connectivity index is 1.30. The number of nitrogens with zero attached hydrogens (tertiary/aromatic N) is 2. The molecular formula is C30H20N2O4. The van der Waals surface area contributed by atoms with Gasteiger partial charge in [-0.2, -0.15) is 0 Å². The Labute approximate surface area is 208 Å². The van der Waals surface area contributed by atoms with E-state index in [4.69, 9.17) is 0 Å². The minimum absolute atomic E-state index is 0.0507. The molecule has 4 aromatic rings. The molecule has 4 aromatic carbocycles. The van der Waals surface area contributed by atoms with E-state index < -0.39 is 9.85 Å². The summed E-state index contributed by atoms with van der Waals surface area (Å²) in [6.45, 7) is 0. The maximum atomic E-state index is 10.7. The van der Waals surface area contributed by atoms with Crippen molar-refractivity contribution in [3.63, 3.8) is 0 Å². The summed E-state index contributed by atoms with van der Waals surface area (Å²) in [5, 5.41) is 21.5. The van der Waals surface area contributed by atoms with Gasteiger partial charge in [0.1, 0.15) is 0 Å². The first-order chi connectivity index (χ1) is 17.5. The van der Waals surface area contributed by atoms with Gasteiger partial charge in [0, 0.05) is 46.5 Å². The summed E-state index contributed by atoms with van der Waals surface area (Å²) in [5.74, 6) is 12.2. The monoisotopic (exact) mass is 472 g/mol. The van der Waals surface area contributed by atoms with Crippen LogP contribution in [0.5, 0.6) is 0 Å². The normalized spacial score (nSPS) is 9.89. The van der Waals surface area contributed by atoms with Crippen LogP contribution in [0.2, 0.25) is 0 Å². The van der Waals surface area contributed by atoms with Gasteiger partial charge >= 0.3 is 0 Å². The molecule has 0 aliphatic carbocycles. The highest BCUT2D eigenvalue weighted by atomic mass is 16.6. The Bertz CT molecular complexity index is 1380. The lowest BCUT2D eigenvalue weighted by molar-refractivity contribution is -0.385. The summed E-state index contributed by atoms with van der Waals surface area (Å²) < 4.78 is 0. The number of nitro groups is 2. The number of aryl methyl sites for hydroxylation is 2. The summed E-state index contributed by atoms with van der Waals surface area (Å²) in [6, 6.07) is 28.5. The number of benzene rings is 4. The van der Waals surface area contributed by atoms with Crippen LogP contribution in [0.1, 0.15) is 33.4 Å². The first-order valence-electron chi connectivity index (χ1n) is 11.2. The summed E-state index contributed by atoms with van der Waals surface area (Å²) in [6.07, 6.45) is 1.79. The number of rotatable bonds is 5. The van der Waals surface area contributed by atoms with E-state index in [0.717, 1.165) is 35.1 Å². The zero-order chi connectivity index (χ0) is 25.3. The van der Waals surface area contributed by atoms with Crippen LogP contribution in [0.4, 0.5) is 11.4 Å². The van der Waals surface area contributed by atoms with Crippen molar-refractivity contribution in [1.82, 2.24) is 0 Å². The molecule has 0 spiro atoms. The van der Waals surface area contributed by atoms with Gasteiger partial charge in [-0.3, -0.25) is 20.2 Å². The summed E-state index contributed by atoms with van der Waals surface area (Å²) in [5.41, 5.74) is 5.73. The van der Waals surface area contributed by atoms with Crippen molar-refractivity contribution in [3.05, 3.63) is 151 Å².